The number of nitrogens with one attached hydrogen (secondary N) is 2. The highest BCUT2D eigenvalue weighted by atomic mass is 16.6. The zero-order valence-corrected chi connectivity index (χ0v) is 30.2. The van der Waals surface area contributed by atoms with Crippen LogP contribution in [0.15, 0.2) is 48.5 Å². The maximum Gasteiger partial charge on any atom is 0.408 e. The molecule has 2 aromatic rings. The average Bonchev–Trinajstić information content (AvgIpc) is 2.95. The molecule has 2 N–H and O–H groups in total. The summed E-state index contributed by atoms with van der Waals surface area (Å²) in [5.74, 6) is -1.49. The summed E-state index contributed by atoms with van der Waals surface area (Å²) in [4.78, 5) is 56.6. The third kappa shape index (κ3) is 13.8. The van der Waals surface area contributed by atoms with Crippen LogP contribution >= 0.6 is 0 Å². The summed E-state index contributed by atoms with van der Waals surface area (Å²) in [5.41, 5.74) is 1.73. The minimum atomic E-state index is -1.07. The second-order valence-corrected chi connectivity index (χ2v) is 14.4. The molecule has 0 radical (unpaired) electrons. The number of carbonyl (C=O) groups excluding carboxylic acids is 4. The van der Waals surface area contributed by atoms with Crippen molar-refractivity contribution >= 4 is 23.9 Å². The monoisotopic (exact) mass is 651 g/mol. The van der Waals surface area contributed by atoms with Gasteiger partial charge in [-0.1, -0.05) is 86.7 Å². The van der Waals surface area contributed by atoms with E-state index in [1.54, 1.807) is 53.4 Å². The number of aryl methyl sites for hydroxylation is 2. The minimum absolute atomic E-state index is 0.211. The van der Waals surface area contributed by atoms with Gasteiger partial charge in [0.15, 0.2) is 0 Å². The molecule has 2 aromatic carbocycles. The van der Waals surface area contributed by atoms with Crippen LogP contribution in [0.1, 0.15) is 116 Å². The van der Waals surface area contributed by atoms with Crippen molar-refractivity contribution in [3.8, 4) is 0 Å². The first-order valence-electron chi connectivity index (χ1n) is 16.9. The van der Waals surface area contributed by atoms with E-state index < -0.39 is 53.2 Å². The minimum Gasteiger partial charge on any atom is -0.458 e. The summed E-state index contributed by atoms with van der Waals surface area (Å²) in [7, 11) is 0. The lowest BCUT2D eigenvalue weighted by molar-refractivity contribution is -0.159. The van der Waals surface area contributed by atoms with Crippen molar-refractivity contribution in [3.05, 3.63) is 70.8 Å². The molecule has 9 nitrogen and oxygen atoms in total. The van der Waals surface area contributed by atoms with Crippen molar-refractivity contribution in [2.24, 2.45) is 0 Å². The Morgan fingerprint density at radius 2 is 1.43 bits per heavy atom. The predicted molar refractivity (Wildman–Crippen MR) is 186 cm³/mol. The number of amides is 3. The maximum absolute atomic E-state index is 14.6. The quantitative estimate of drug-likeness (QED) is 0.157. The van der Waals surface area contributed by atoms with Gasteiger partial charge >= 0.3 is 12.1 Å². The first-order chi connectivity index (χ1) is 21.9. The molecule has 3 amide bonds. The van der Waals surface area contributed by atoms with Crippen LogP contribution in [-0.2, 0) is 30.3 Å². The first kappa shape index (κ1) is 39.3. The van der Waals surface area contributed by atoms with Crippen LogP contribution in [0.2, 0.25) is 0 Å². The number of unbranched alkanes of at least 4 members (excludes halogenated alkanes) is 4. The fraction of sp³-hybridized carbons (Fsp3) is 0.579. The third-order valence-electron chi connectivity index (χ3n) is 7.47. The van der Waals surface area contributed by atoms with Crippen LogP contribution in [0, 0.1) is 13.8 Å². The Bertz CT molecular complexity index is 1330. The van der Waals surface area contributed by atoms with Gasteiger partial charge in [0.2, 0.25) is 11.8 Å². The molecule has 0 aliphatic heterocycles. The maximum atomic E-state index is 14.6. The van der Waals surface area contributed by atoms with Crippen molar-refractivity contribution in [3.63, 3.8) is 0 Å². The summed E-state index contributed by atoms with van der Waals surface area (Å²) in [6.07, 6.45) is 4.18. The van der Waals surface area contributed by atoms with Gasteiger partial charge in [-0.2, -0.15) is 0 Å². The number of benzene rings is 2. The Morgan fingerprint density at radius 3 is 2.02 bits per heavy atom. The normalized spacial score (nSPS) is 13.6. The molecule has 0 spiro atoms. The van der Waals surface area contributed by atoms with Gasteiger partial charge in [0, 0.05) is 13.0 Å². The highest BCUT2D eigenvalue weighted by Gasteiger charge is 2.37. The lowest BCUT2D eigenvalue weighted by Crippen LogP contribution is -2.54. The van der Waals surface area contributed by atoms with Crippen molar-refractivity contribution in [2.45, 2.75) is 137 Å². The second kappa shape index (κ2) is 17.9. The van der Waals surface area contributed by atoms with Crippen LogP contribution in [0.25, 0.3) is 0 Å². The molecule has 0 fully saturated rings. The number of carbonyl (C=O) groups is 4. The predicted octanol–water partition coefficient (Wildman–Crippen LogP) is 7.13. The molecule has 0 bridgehead atoms. The number of rotatable bonds is 15. The van der Waals surface area contributed by atoms with E-state index in [0.717, 1.165) is 42.4 Å². The van der Waals surface area contributed by atoms with E-state index in [9.17, 15) is 19.2 Å². The van der Waals surface area contributed by atoms with Crippen LogP contribution in [0.3, 0.4) is 0 Å². The Morgan fingerprint density at radius 1 is 0.809 bits per heavy atom. The van der Waals surface area contributed by atoms with Gasteiger partial charge in [-0.05, 0) is 85.4 Å². The molecule has 0 heterocycles. The molecular formula is C38H57N3O6. The summed E-state index contributed by atoms with van der Waals surface area (Å²) < 4.78 is 11.2. The van der Waals surface area contributed by atoms with Crippen LogP contribution in [-0.4, -0.2) is 58.6 Å². The largest absolute Gasteiger partial charge is 0.458 e. The van der Waals surface area contributed by atoms with E-state index in [4.69, 9.17) is 9.47 Å². The lowest BCUT2D eigenvalue weighted by Gasteiger charge is -2.35. The van der Waals surface area contributed by atoms with E-state index in [0.29, 0.717) is 12.0 Å². The van der Waals surface area contributed by atoms with E-state index in [1.807, 2.05) is 62.4 Å². The number of hydrogen-bond acceptors (Lipinski definition) is 6. The van der Waals surface area contributed by atoms with Gasteiger partial charge in [-0.15, -0.1) is 0 Å². The molecule has 9 heteroatoms. The van der Waals surface area contributed by atoms with Crippen molar-refractivity contribution in [1.82, 2.24) is 15.5 Å². The smallest absolute Gasteiger partial charge is 0.408 e. The van der Waals surface area contributed by atoms with Crippen molar-refractivity contribution in [1.29, 1.82) is 0 Å². The number of hydrogen-bond donors (Lipinski definition) is 2. The van der Waals surface area contributed by atoms with E-state index >= 15 is 0 Å². The zero-order valence-electron chi connectivity index (χ0n) is 30.2. The molecule has 0 aromatic heterocycles. The SMILES string of the molecule is CCCCCCCN(C(=O)C(C)NC(=O)OC(C)(C)C)C(C(=O)NC(Cc1ccccc1)C(=O)OC(C)(C)C)c1cc(C)ccc1C. The highest BCUT2D eigenvalue weighted by molar-refractivity contribution is 5.94. The summed E-state index contributed by atoms with van der Waals surface area (Å²) in [6, 6.07) is 12.1. The van der Waals surface area contributed by atoms with Crippen molar-refractivity contribution in [2.75, 3.05) is 6.54 Å². The molecule has 2 rings (SSSR count). The van der Waals surface area contributed by atoms with Crippen LogP contribution in [0.4, 0.5) is 4.79 Å². The topological polar surface area (TPSA) is 114 Å². The number of ether oxygens (including phenoxy) is 2. The Kier molecular flexibility index (Phi) is 14.9. The molecule has 0 saturated heterocycles. The second-order valence-electron chi connectivity index (χ2n) is 14.4. The van der Waals surface area contributed by atoms with Gasteiger partial charge in [0.1, 0.15) is 29.3 Å². The molecular weight excluding hydrogens is 594 g/mol. The lowest BCUT2D eigenvalue weighted by atomic mass is 9.95. The van der Waals surface area contributed by atoms with Gasteiger partial charge in [-0.25, -0.2) is 9.59 Å². The molecule has 0 aliphatic carbocycles. The molecule has 0 saturated carbocycles. The van der Waals surface area contributed by atoms with E-state index in [2.05, 4.69) is 17.6 Å². The Balaban J connectivity index is 2.59. The first-order valence-corrected chi connectivity index (χ1v) is 16.9. The van der Waals surface area contributed by atoms with E-state index in [-0.39, 0.29) is 13.0 Å². The number of esters is 1. The number of nitrogens with zero attached hydrogens (tertiary/aromatic N) is 1. The Labute approximate surface area is 282 Å². The van der Waals surface area contributed by atoms with Gasteiger partial charge in [-0.3, -0.25) is 9.59 Å². The summed E-state index contributed by atoms with van der Waals surface area (Å²) >= 11 is 0. The summed E-state index contributed by atoms with van der Waals surface area (Å²) in [5, 5.41) is 5.63. The van der Waals surface area contributed by atoms with Crippen LogP contribution < -0.4 is 10.6 Å². The molecule has 47 heavy (non-hydrogen) atoms. The fourth-order valence-corrected chi connectivity index (χ4v) is 5.22. The molecule has 3 atom stereocenters. The van der Waals surface area contributed by atoms with Gasteiger partial charge in [0.25, 0.3) is 0 Å². The number of alkyl carbamates (subject to hydrolysis) is 1. The Hall–Kier alpha value is -3.88. The van der Waals surface area contributed by atoms with E-state index in [1.165, 1.54) is 0 Å². The average molecular weight is 652 g/mol. The standard InChI is InChI=1S/C38H57N3O6/c1-11-12-13-14-18-23-41(34(43)28(4)39-36(45)47-38(8,9)10)32(30-24-26(2)21-22-27(30)3)33(42)40-31(35(44)46-37(5,6)7)25-29-19-16-15-17-20-29/h15-17,19-22,24,28,31-32H,11-14,18,23,25H2,1-10H3,(H,39,45)(H,40,42). The molecule has 3 unspecified atom stereocenters. The molecule has 260 valence electrons. The zero-order chi connectivity index (χ0) is 35.4. The third-order valence-corrected chi connectivity index (χ3v) is 7.47. The summed E-state index contributed by atoms with van der Waals surface area (Å²) in [6.45, 7) is 18.4. The van der Waals surface area contributed by atoms with Crippen LogP contribution in [0.5, 0.6) is 0 Å². The van der Waals surface area contributed by atoms with Crippen molar-refractivity contribution < 1.29 is 28.7 Å². The highest BCUT2D eigenvalue weighted by Crippen LogP contribution is 2.28. The fourth-order valence-electron chi connectivity index (χ4n) is 5.22. The molecule has 0 aliphatic rings. The van der Waals surface area contributed by atoms with Gasteiger partial charge in [0.05, 0.1) is 0 Å². The van der Waals surface area contributed by atoms with Gasteiger partial charge < -0.3 is 25.0 Å².